The van der Waals surface area contributed by atoms with E-state index in [2.05, 4.69) is 22.6 Å². The molecule has 0 aliphatic heterocycles. The van der Waals surface area contributed by atoms with Crippen LogP contribution in [0.2, 0.25) is 0 Å². The lowest BCUT2D eigenvalue weighted by Gasteiger charge is -2.25. The summed E-state index contributed by atoms with van der Waals surface area (Å²) < 4.78 is 0.957. The van der Waals surface area contributed by atoms with E-state index in [0.717, 1.165) is 15.5 Å². The second kappa shape index (κ2) is 5.25. The molecule has 0 fully saturated rings. The van der Waals surface area contributed by atoms with Gasteiger partial charge >= 0.3 is 0 Å². The van der Waals surface area contributed by atoms with Gasteiger partial charge in [0, 0.05) is 10.5 Å². The Kier molecular flexibility index (Phi) is 4.26. The number of nitrogens with zero attached hydrogens (tertiary/aromatic N) is 1. The Morgan fingerprint density at radius 1 is 1.47 bits per heavy atom. The Labute approximate surface area is 103 Å². The molecule has 1 amide bonds. The molecule has 1 aromatic rings. The van der Waals surface area contributed by atoms with Gasteiger partial charge in [0.05, 0.1) is 11.7 Å². The molecule has 0 saturated heterocycles. The standard InChI is InChI=1S/C11H12INO2/c1-8(7-14)13(9(2)15)11-6-4-3-5-10(11)12/h3-8H,1-2H3. The van der Waals surface area contributed by atoms with Crippen molar-refractivity contribution in [3.05, 3.63) is 27.8 Å². The van der Waals surface area contributed by atoms with Gasteiger partial charge in [-0.3, -0.25) is 4.79 Å². The Balaban J connectivity index is 3.15. The van der Waals surface area contributed by atoms with Gasteiger partial charge in [0.25, 0.3) is 0 Å². The highest BCUT2D eigenvalue weighted by Crippen LogP contribution is 2.23. The molecule has 1 unspecified atom stereocenters. The van der Waals surface area contributed by atoms with Crippen molar-refractivity contribution in [2.24, 2.45) is 0 Å². The highest BCUT2D eigenvalue weighted by Gasteiger charge is 2.19. The van der Waals surface area contributed by atoms with Crippen LogP contribution in [0.1, 0.15) is 13.8 Å². The zero-order valence-electron chi connectivity index (χ0n) is 8.61. The maximum atomic E-state index is 11.5. The van der Waals surface area contributed by atoms with Gasteiger partial charge in [-0.05, 0) is 41.6 Å². The molecule has 80 valence electrons. The van der Waals surface area contributed by atoms with Crippen molar-refractivity contribution in [1.29, 1.82) is 0 Å². The number of aldehydes is 1. The third-order valence-electron chi connectivity index (χ3n) is 2.06. The molecule has 4 heteroatoms. The fourth-order valence-electron chi connectivity index (χ4n) is 1.38. The molecular formula is C11H12INO2. The highest BCUT2D eigenvalue weighted by atomic mass is 127. The molecule has 0 aromatic heterocycles. The first-order valence-electron chi connectivity index (χ1n) is 4.57. The number of carbonyl (C=O) groups excluding carboxylic acids is 2. The van der Waals surface area contributed by atoms with E-state index in [4.69, 9.17) is 0 Å². The molecule has 0 saturated carbocycles. The Morgan fingerprint density at radius 2 is 2.07 bits per heavy atom. The first-order chi connectivity index (χ1) is 7.07. The average Bonchev–Trinajstić information content (AvgIpc) is 2.20. The van der Waals surface area contributed by atoms with Crippen LogP contribution in [-0.4, -0.2) is 18.2 Å². The molecule has 0 bridgehead atoms. The topological polar surface area (TPSA) is 37.4 Å². The monoisotopic (exact) mass is 317 g/mol. The summed E-state index contributed by atoms with van der Waals surface area (Å²) in [5.74, 6) is -0.126. The number of rotatable bonds is 3. The van der Waals surface area contributed by atoms with E-state index in [1.807, 2.05) is 24.3 Å². The molecule has 3 nitrogen and oxygen atoms in total. The molecule has 15 heavy (non-hydrogen) atoms. The smallest absolute Gasteiger partial charge is 0.224 e. The third kappa shape index (κ3) is 2.77. The van der Waals surface area contributed by atoms with Crippen molar-refractivity contribution in [2.75, 3.05) is 4.90 Å². The summed E-state index contributed by atoms with van der Waals surface area (Å²) in [6.45, 7) is 3.17. The highest BCUT2D eigenvalue weighted by molar-refractivity contribution is 14.1. The number of hydrogen-bond acceptors (Lipinski definition) is 2. The predicted molar refractivity (Wildman–Crippen MR) is 67.8 cm³/mol. The Morgan fingerprint density at radius 3 is 2.53 bits per heavy atom. The van der Waals surface area contributed by atoms with Crippen LogP contribution in [0.5, 0.6) is 0 Å². The van der Waals surface area contributed by atoms with Gasteiger partial charge in [0.2, 0.25) is 5.91 Å². The maximum absolute atomic E-state index is 11.5. The molecule has 0 spiro atoms. The first kappa shape index (κ1) is 12.2. The van der Waals surface area contributed by atoms with Crippen LogP contribution in [0.15, 0.2) is 24.3 Å². The summed E-state index contributed by atoms with van der Waals surface area (Å²) in [6.07, 6.45) is 0.768. The zero-order chi connectivity index (χ0) is 11.4. The van der Waals surface area contributed by atoms with Crippen LogP contribution in [0, 0.1) is 3.57 Å². The number of carbonyl (C=O) groups is 2. The van der Waals surface area contributed by atoms with E-state index >= 15 is 0 Å². The second-order valence-corrected chi connectivity index (χ2v) is 4.38. The number of para-hydroxylation sites is 1. The lowest BCUT2D eigenvalue weighted by molar-refractivity contribution is -0.119. The summed E-state index contributed by atoms with van der Waals surface area (Å²) in [7, 11) is 0. The van der Waals surface area contributed by atoms with Crippen molar-refractivity contribution in [1.82, 2.24) is 0 Å². The van der Waals surface area contributed by atoms with Gasteiger partial charge in [-0.2, -0.15) is 0 Å². The maximum Gasteiger partial charge on any atom is 0.224 e. The fraction of sp³-hybridized carbons (Fsp3) is 0.273. The van der Waals surface area contributed by atoms with Gasteiger partial charge < -0.3 is 9.69 Å². The van der Waals surface area contributed by atoms with Gasteiger partial charge in [0.15, 0.2) is 0 Å². The average molecular weight is 317 g/mol. The lowest BCUT2D eigenvalue weighted by Crippen LogP contribution is -2.38. The predicted octanol–water partition coefficient (Wildman–Crippen LogP) is 2.23. The van der Waals surface area contributed by atoms with Gasteiger partial charge in [-0.25, -0.2) is 0 Å². The van der Waals surface area contributed by atoms with Gasteiger partial charge in [-0.1, -0.05) is 12.1 Å². The van der Waals surface area contributed by atoms with E-state index in [0.29, 0.717) is 0 Å². The van der Waals surface area contributed by atoms with Crippen LogP contribution in [0.25, 0.3) is 0 Å². The molecule has 1 rings (SSSR count). The van der Waals surface area contributed by atoms with Crippen molar-refractivity contribution in [2.45, 2.75) is 19.9 Å². The number of hydrogen-bond donors (Lipinski definition) is 0. The van der Waals surface area contributed by atoms with E-state index in [1.54, 1.807) is 6.92 Å². The van der Waals surface area contributed by atoms with E-state index in [-0.39, 0.29) is 5.91 Å². The summed E-state index contributed by atoms with van der Waals surface area (Å²) in [5.41, 5.74) is 0.783. The largest absolute Gasteiger partial charge is 0.302 e. The lowest BCUT2D eigenvalue weighted by atomic mass is 10.2. The Bertz CT molecular complexity index is 379. The van der Waals surface area contributed by atoms with Crippen LogP contribution >= 0.6 is 22.6 Å². The summed E-state index contributed by atoms with van der Waals surface area (Å²) >= 11 is 2.15. The second-order valence-electron chi connectivity index (χ2n) is 3.22. The van der Waals surface area contributed by atoms with Crippen LogP contribution in [-0.2, 0) is 9.59 Å². The quantitative estimate of drug-likeness (QED) is 0.633. The minimum atomic E-state index is -0.432. The number of amides is 1. The van der Waals surface area contributed by atoms with E-state index in [9.17, 15) is 9.59 Å². The molecule has 0 aliphatic carbocycles. The van der Waals surface area contributed by atoms with Gasteiger partial charge in [-0.15, -0.1) is 0 Å². The number of benzene rings is 1. The molecule has 1 atom stereocenters. The SMILES string of the molecule is CC(=O)N(c1ccccc1I)C(C)C=O. The summed E-state index contributed by atoms with van der Waals surface area (Å²) in [6, 6.07) is 7.06. The molecular weight excluding hydrogens is 305 g/mol. The zero-order valence-corrected chi connectivity index (χ0v) is 10.8. The van der Waals surface area contributed by atoms with Crippen LogP contribution < -0.4 is 4.90 Å². The first-order valence-corrected chi connectivity index (χ1v) is 5.65. The molecule has 0 heterocycles. The van der Waals surface area contributed by atoms with Crippen molar-refractivity contribution in [3.63, 3.8) is 0 Å². The Hall–Kier alpha value is -0.910. The van der Waals surface area contributed by atoms with Crippen LogP contribution in [0.4, 0.5) is 5.69 Å². The van der Waals surface area contributed by atoms with Crippen molar-refractivity contribution >= 4 is 40.5 Å². The summed E-state index contributed by atoms with van der Waals surface area (Å²) in [5, 5.41) is 0. The minimum Gasteiger partial charge on any atom is -0.302 e. The van der Waals surface area contributed by atoms with E-state index in [1.165, 1.54) is 11.8 Å². The minimum absolute atomic E-state index is 0.126. The normalized spacial score (nSPS) is 11.9. The van der Waals surface area contributed by atoms with Crippen molar-refractivity contribution in [3.8, 4) is 0 Å². The fourth-order valence-corrected chi connectivity index (χ4v) is 2.03. The third-order valence-corrected chi connectivity index (χ3v) is 2.97. The number of halogens is 1. The molecule has 0 aliphatic rings. The van der Waals surface area contributed by atoms with Crippen LogP contribution in [0.3, 0.4) is 0 Å². The van der Waals surface area contributed by atoms with Crippen molar-refractivity contribution < 1.29 is 9.59 Å². The van der Waals surface area contributed by atoms with E-state index < -0.39 is 6.04 Å². The number of anilines is 1. The molecule has 1 aromatic carbocycles. The molecule has 0 N–H and O–H groups in total. The van der Waals surface area contributed by atoms with Gasteiger partial charge in [0.1, 0.15) is 6.29 Å². The molecule has 0 radical (unpaired) electrons. The summed E-state index contributed by atoms with van der Waals surface area (Å²) in [4.78, 5) is 23.7.